The molecular formula is C69H14O6. The van der Waals surface area contributed by atoms with E-state index in [1.807, 2.05) is 0 Å². The number of benzene rings is 18. The van der Waals surface area contributed by atoms with Gasteiger partial charge in [-0.15, -0.1) is 0 Å². The second-order valence-electron chi connectivity index (χ2n) is 26.3. The molecule has 2 spiro atoms. The number of hydrogen-bond acceptors (Lipinski definition) is 6. The Kier molecular flexibility index (Phi) is 2.76. The molecule has 0 saturated heterocycles. The molecule has 6 nitrogen and oxygen atoms in total. The molecule has 0 amide bonds. The molecule has 0 bridgehead atoms. The summed E-state index contributed by atoms with van der Waals surface area (Å²) in [7, 11) is 3.32. The highest BCUT2D eigenvalue weighted by Gasteiger charge is 3.01. The first-order chi connectivity index (χ1) is 37.2. The molecule has 0 atom stereocenters. The lowest BCUT2D eigenvalue weighted by Gasteiger charge is -2.32. The van der Waals surface area contributed by atoms with E-state index in [9.17, 15) is 0 Å². The molecule has 6 heteroatoms. The molecule has 0 radical (unpaired) electrons. The number of carbonyl (C=O) groups excluding carboxylic acids is 2. The number of hydrogen-bond donors (Lipinski definition) is 0. The topological polar surface area (TPSA) is 71.1 Å². The maximum absolute atomic E-state index is 17.0. The van der Waals surface area contributed by atoms with E-state index in [1.165, 1.54) is 259 Å². The van der Waals surface area contributed by atoms with E-state index in [0.29, 0.717) is 0 Å². The fourth-order valence-electron chi connectivity index (χ4n) is 25.9. The van der Waals surface area contributed by atoms with Crippen LogP contribution in [0.3, 0.4) is 0 Å². The van der Waals surface area contributed by atoms with Gasteiger partial charge in [-0.05, 0) is 313 Å². The molecule has 326 valence electrons. The Morgan fingerprint density at radius 1 is 0.227 bits per heavy atom. The normalized spacial score (nSPS) is 19.5. The Balaban J connectivity index is 1.10. The summed E-state index contributed by atoms with van der Waals surface area (Å²) in [5, 5.41) is 79.1. The van der Waals surface area contributed by atoms with Gasteiger partial charge in [0.2, 0.25) is 0 Å². The van der Waals surface area contributed by atoms with Crippen molar-refractivity contribution in [1.29, 1.82) is 0 Å². The van der Waals surface area contributed by atoms with Crippen LogP contribution in [0.5, 0.6) is 0 Å². The van der Waals surface area contributed by atoms with Gasteiger partial charge in [0.05, 0.1) is 24.0 Å². The first-order valence-corrected chi connectivity index (χ1v) is 27.3. The van der Waals surface area contributed by atoms with Crippen LogP contribution in [0.15, 0.2) is 0 Å². The summed E-state index contributed by atoms with van der Waals surface area (Å²) in [5.41, 5.74) is 0.940. The summed E-state index contributed by atoms with van der Waals surface area (Å²) in [5.74, 6) is -0.922. The van der Waals surface area contributed by atoms with E-state index < -0.39 is 28.2 Å². The predicted octanol–water partition coefficient (Wildman–Crippen LogP) is 15.7. The minimum Gasteiger partial charge on any atom is -0.462 e. The van der Waals surface area contributed by atoms with Gasteiger partial charge >= 0.3 is 11.9 Å². The third kappa shape index (κ3) is 1.62. The van der Waals surface area contributed by atoms with Crippen LogP contribution in [0.1, 0.15) is 22.3 Å². The quantitative estimate of drug-likeness (QED) is 0.0654. The molecule has 0 aliphatic heterocycles. The molecule has 5 aliphatic rings. The van der Waals surface area contributed by atoms with Gasteiger partial charge in [-0.1, -0.05) is 0 Å². The van der Waals surface area contributed by atoms with Crippen molar-refractivity contribution < 1.29 is 28.5 Å². The van der Waals surface area contributed by atoms with Gasteiger partial charge in [-0.3, -0.25) is 9.59 Å². The third-order valence-corrected chi connectivity index (χ3v) is 26.0. The molecule has 1 saturated carbocycles. The fraction of sp³-hybridized carbons (Fsp3) is 0.130. The number of methoxy groups -OCH3 is 2. The molecule has 33 rings (SSSR count). The number of carbonyl (C=O) groups is 2. The summed E-state index contributed by atoms with van der Waals surface area (Å²) in [4.78, 5) is 33.9. The smallest absolute Gasteiger partial charge is 0.326 e. The van der Waals surface area contributed by atoms with E-state index >= 15 is 9.59 Å². The van der Waals surface area contributed by atoms with E-state index in [-0.39, 0.29) is 26.4 Å². The minimum atomic E-state index is -1.77. The van der Waals surface area contributed by atoms with Crippen molar-refractivity contribution in [3.05, 3.63) is 22.3 Å². The summed E-state index contributed by atoms with van der Waals surface area (Å²) in [6.45, 7) is 0.566. The summed E-state index contributed by atoms with van der Waals surface area (Å²) >= 11 is 0. The van der Waals surface area contributed by atoms with Crippen LogP contribution in [0, 0.1) is 5.41 Å². The summed E-state index contributed by atoms with van der Waals surface area (Å²) in [6, 6.07) is 0. The van der Waals surface area contributed by atoms with E-state index in [2.05, 4.69) is 0 Å². The van der Waals surface area contributed by atoms with Crippen molar-refractivity contribution in [2.75, 3.05) is 40.6 Å². The Morgan fingerprint density at radius 3 is 0.493 bits per heavy atom. The average molecular weight is 939 g/mol. The molecule has 0 aromatic heterocycles. The Bertz CT molecular complexity index is 6800. The third-order valence-electron chi connectivity index (χ3n) is 26.0. The molecule has 1 fully saturated rings. The van der Waals surface area contributed by atoms with Gasteiger partial charge in [0.25, 0.3) is 0 Å². The number of ether oxygens (including phenoxy) is 4. The molecule has 5 aliphatic carbocycles. The van der Waals surface area contributed by atoms with Crippen molar-refractivity contribution in [3.8, 4) is 0 Å². The van der Waals surface area contributed by atoms with Crippen LogP contribution in [0.4, 0.5) is 0 Å². The van der Waals surface area contributed by atoms with Gasteiger partial charge in [-0.25, -0.2) is 0 Å². The Morgan fingerprint density at radius 2 is 0.360 bits per heavy atom. The standard InChI is InChI=1S/C69H14O6/c1-72-3-5-74-65(70)69(66(71)75-6-4-73-2)67-61-53-45-35-25-17-9-7-8-11-15-13(9)21-29-23(15)33-27-19(11)20-12(8)16-14-10(7)18(17)26-32-22(14)30-24(16)34-28(20)38-37(27)47-41(33)51-43(29)49(39(45)31(21)25)57(61)59(51)63-55(47)56-48(38)42(34)52-44(30)50-40(32)46(36(26)35)54(53)62(67)58(50)60(52)64(56)68(63,67)69/h3-6H2,1-2H3. The first kappa shape index (κ1) is 29.9. The summed E-state index contributed by atoms with van der Waals surface area (Å²) < 4.78 is 24.9. The molecule has 28 aromatic rings. The zero-order valence-electron chi connectivity index (χ0n) is 38.8. The molecule has 28 aromatic carbocycles. The number of rotatable bonds is 8. The second-order valence-corrected chi connectivity index (χ2v) is 26.3. The van der Waals surface area contributed by atoms with E-state index in [0.717, 1.165) is 0 Å². The first-order valence-electron chi connectivity index (χ1n) is 27.3. The lowest BCUT2D eigenvalue weighted by atomic mass is 9.68. The van der Waals surface area contributed by atoms with Crippen LogP contribution in [-0.2, 0) is 39.4 Å². The highest BCUT2D eigenvalue weighted by atomic mass is 16.6. The highest BCUT2D eigenvalue weighted by molar-refractivity contribution is 6.82. The maximum atomic E-state index is 17.0. The van der Waals surface area contributed by atoms with Gasteiger partial charge in [0.15, 0.2) is 5.41 Å². The lowest BCUT2D eigenvalue weighted by molar-refractivity contribution is -0.168. The predicted molar refractivity (Wildman–Crippen MR) is 302 cm³/mol. The lowest BCUT2D eigenvalue weighted by Crippen LogP contribution is -2.39. The zero-order chi connectivity index (χ0) is 45.8. The zero-order valence-corrected chi connectivity index (χ0v) is 38.8. The van der Waals surface area contributed by atoms with Crippen LogP contribution < -0.4 is 0 Å². The molecule has 0 unspecified atom stereocenters. The van der Waals surface area contributed by atoms with Crippen molar-refractivity contribution in [2.45, 2.75) is 10.8 Å². The van der Waals surface area contributed by atoms with Gasteiger partial charge in [0.1, 0.15) is 13.2 Å². The van der Waals surface area contributed by atoms with Gasteiger partial charge in [0, 0.05) is 14.2 Å². The van der Waals surface area contributed by atoms with Crippen LogP contribution >= 0.6 is 0 Å². The Hall–Kier alpha value is -8.68. The molecule has 75 heavy (non-hydrogen) atoms. The molecule has 0 N–H and O–H groups in total. The molecule has 0 heterocycles. The highest BCUT2D eigenvalue weighted by Crippen LogP contribution is 2.96. The second kappa shape index (κ2) is 6.94. The number of esters is 2. The molecular weight excluding hydrogens is 925 g/mol. The van der Waals surface area contributed by atoms with Gasteiger partial charge < -0.3 is 18.9 Å². The van der Waals surface area contributed by atoms with Crippen molar-refractivity contribution in [2.24, 2.45) is 5.41 Å². The van der Waals surface area contributed by atoms with E-state index in [1.54, 1.807) is 68.1 Å². The van der Waals surface area contributed by atoms with Crippen LogP contribution in [-0.4, -0.2) is 52.6 Å². The minimum absolute atomic E-state index is 0.0491. The monoisotopic (exact) mass is 938 g/mol. The van der Waals surface area contributed by atoms with Crippen LogP contribution in [0.25, 0.3) is 291 Å². The van der Waals surface area contributed by atoms with Crippen molar-refractivity contribution in [1.82, 2.24) is 0 Å². The van der Waals surface area contributed by atoms with Crippen LogP contribution in [0.2, 0.25) is 0 Å². The SMILES string of the molecule is COCCOC(=O)C1(C(=O)OCCOC)C23c4c5c6c7c8c9c(c%10c%11c2c2c4c4c%12c5c5c6c6c8c8c%13c9c9c%10c%10c%11c%11c2c2c4c4c%12c%12c5c5c6c8c6c8c%13c9c9c%10c%10c%11c2c2c4c4c%12c5c6c5c8c9c%10c2c45)C713. The summed E-state index contributed by atoms with van der Waals surface area (Å²) in [6.07, 6.45) is 0. The van der Waals surface area contributed by atoms with E-state index in [4.69, 9.17) is 18.9 Å². The Labute approximate surface area is 408 Å². The largest absolute Gasteiger partial charge is 0.462 e. The average Bonchev–Trinajstić information content (AvgIpc) is 3.76. The van der Waals surface area contributed by atoms with Gasteiger partial charge in [-0.2, -0.15) is 0 Å². The van der Waals surface area contributed by atoms with Crippen molar-refractivity contribution >= 4 is 303 Å². The maximum Gasteiger partial charge on any atom is 0.326 e. The fourth-order valence-corrected chi connectivity index (χ4v) is 25.9. The van der Waals surface area contributed by atoms with Crippen molar-refractivity contribution in [3.63, 3.8) is 0 Å².